The number of aromatic nitrogens is 2. The first-order chi connectivity index (χ1) is 8.65. The summed E-state index contributed by atoms with van der Waals surface area (Å²) in [6.45, 7) is 3.23. The number of alkyl halides is 1. The molecule has 0 bridgehead atoms. The molecule has 0 saturated carbocycles. The van der Waals surface area contributed by atoms with E-state index in [1.165, 1.54) is 0 Å². The monoisotopic (exact) mass is 346 g/mol. The number of imidazole rings is 1. The predicted octanol–water partition coefficient (Wildman–Crippen LogP) is 4.54. The van der Waals surface area contributed by atoms with Gasteiger partial charge in [0, 0.05) is 11.0 Å². The molecule has 0 N–H and O–H groups in total. The van der Waals surface area contributed by atoms with Crippen LogP contribution in [-0.4, -0.2) is 21.6 Å². The molecule has 5 heteroatoms. The quantitative estimate of drug-likeness (QED) is 0.739. The lowest BCUT2D eigenvalue weighted by Gasteiger charge is -2.13. The Morgan fingerprint density at radius 3 is 2.94 bits per heavy atom. The Morgan fingerprint density at radius 1 is 1.50 bits per heavy atom. The molecule has 1 heterocycles. The van der Waals surface area contributed by atoms with Crippen LogP contribution < -0.4 is 0 Å². The molecule has 0 spiro atoms. The highest BCUT2D eigenvalue weighted by molar-refractivity contribution is 9.10. The lowest BCUT2D eigenvalue weighted by atomic mass is 10.2. The first-order valence-corrected chi connectivity index (χ1v) is 8.57. The van der Waals surface area contributed by atoms with E-state index in [2.05, 4.69) is 44.7 Å². The summed E-state index contributed by atoms with van der Waals surface area (Å²) in [5, 5.41) is 0. The van der Waals surface area contributed by atoms with Crippen molar-refractivity contribution < 1.29 is 0 Å². The molecule has 0 fully saturated rings. The van der Waals surface area contributed by atoms with Gasteiger partial charge in [-0.15, -0.1) is 11.6 Å². The first-order valence-electron chi connectivity index (χ1n) is 5.85. The van der Waals surface area contributed by atoms with Crippen molar-refractivity contribution in [1.82, 2.24) is 9.55 Å². The van der Waals surface area contributed by atoms with Gasteiger partial charge < -0.3 is 4.57 Å². The summed E-state index contributed by atoms with van der Waals surface area (Å²) < 4.78 is 3.32. The van der Waals surface area contributed by atoms with Crippen LogP contribution in [0.3, 0.4) is 0 Å². The molecular weight excluding hydrogens is 332 g/mol. The first kappa shape index (κ1) is 14.2. The van der Waals surface area contributed by atoms with Gasteiger partial charge in [0.25, 0.3) is 0 Å². The van der Waals surface area contributed by atoms with E-state index in [4.69, 9.17) is 11.6 Å². The van der Waals surface area contributed by atoms with Gasteiger partial charge in [0.15, 0.2) is 0 Å². The molecule has 0 radical (unpaired) electrons. The minimum absolute atomic E-state index is 0.457. The Kier molecular flexibility index (Phi) is 4.98. The van der Waals surface area contributed by atoms with Crippen LogP contribution in [0.15, 0.2) is 22.7 Å². The van der Waals surface area contributed by atoms with Crippen LogP contribution >= 0.6 is 39.3 Å². The molecule has 1 aromatic heterocycles. The van der Waals surface area contributed by atoms with Gasteiger partial charge in [-0.3, -0.25) is 0 Å². The zero-order valence-corrected chi connectivity index (χ0v) is 13.6. The molecule has 1 unspecified atom stereocenters. The molecule has 0 amide bonds. The van der Waals surface area contributed by atoms with Gasteiger partial charge >= 0.3 is 0 Å². The lowest BCUT2D eigenvalue weighted by molar-refractivity contribution is 0.530. The van der Waals surface area contributed by atoms with Crippen LogP contribution in [0.5, 0.6) is 0 Å². The van der Waals surface area contributed by atoms with E-state index in [0.29, 0.717) is 11.8 Å². The van der Waals surface area contributed by atoms with Crippen LogP contribution in [0.2, 0.25) is 0 Å². The summed E-state index contributed by atoms with van der Waals surface area (Å²) in [4.78, 5) is 4.59. The van der Waals surface area contributed by atoms with E-state index in [1.807, 2.05) is 23.9 Å². The SMILES string of the molecule is CSCC(C)Cn1c(CCl)nc2ccc(Br)cc21. The average molecular weight is 348 g/mol. The van der Waals surface area contributed by atoms with Crippen LogP contribution in [-0.2, 0) is 12.4 Å². The van der Waals surface area contributed by atoms with E-state index in [9.17, 15) is 0 Å². The maximum Gasteiger partial charge on any atom is 0.124 e. The lowest BCUT2D eigenvalue weighted by Crippen LogP contribution is -2.12. The Morgan fingerprint density at radius 2 is 2.28 bits per heavy atom. The molecule has 18 heavy (non-hydrogen) atoms. The highest BCUT2D eigenvalue weighted by atomic mass is 79.9. The van der Waals surface area contributed by atoms with Gasteiger partial charge in [0.05, 0.1) is 16.9 Å². The Bertz CT molecular complexity index is 541. The van der Waals surface area contributed by atoms with Crippen molar-refractivity contribution in [3.63, 3.8) is 0 Å². The fourth-order valence-electron chi connectivity index (χ4n) is 2.10. The van der Waals surface area contributed by atoms with Crippen molar-refractivity contribution >= 4 is 50.3 Å². The van der Waals surface area contributed by atoms with Crippen LogP contribution in [0.4, 0.5) is 0 Å². The summed E-state index contributed by atoms with van der Waals surface area (Å²) in [7, 11) is 0. The van der Waals surface area contributed by atoms with E-state index in [0.717, 1.165) is 33.6 Å². The summed E-state index contributed by atoms with van der Waals surface area (Å²) in [5.74, 6) is 3.17. The summed E-state index contributed by atoms with van der Waals surface area (Å²) in [6.07, 6.45) is 2.14. The van der Waals surface area contributed by atoms with Crippen molar-refractivity contribution in [1.29, 1.82) is 0 Å². The number of halogens is 2. The van der Waals surface area contributed by atoms with E-state index < -0.39 is 0 Å². The second-order valence-corrected chi connectivity index (χ2v) is 6.56. The molecule has 2 nitrogen and oxygen atoms in total. The average Bonchev–Trinajstić information content (AvgIpc) is 2.67. The number of hydrogen-bond acceptors (Lipinski definition) is 2. The van der Waals surface area contributed by atoms with E-state index in [1.54, 1.807) is 0 Å². The third-order valence-corrected chi connectivity index (χ3v) is 4.49. The topological polar surface area (TPSA) is 17.8 Å². The fraction of sp³-hybridized carbons (Fsp3) is 0.462. The zero-order chi connectivity index (χ0) is 13.1. The maximum absolute atomic E-state index is 6.00. The smallest absolute Gasteiger partial charge is 0.124 e. The fourth-order valence-corrected chi connectivity index (χ4v) is 3.33. The summed E-state index contributed by atoms with van der Waals surface area (Å²) >= 11 is 11.4. The van der Waals surface area contributed by atoms with Gasteiger partial charge in [-0.2, -0.15) is 11.8 Å². The number of thioether (sulfide) groups is 1. The Balaban J connectivity index is 2.42. The summed E-state index contributed by atoms with van der Waals surface area (Å²) in [5.41, 5.74) is 2.18. The summed E-state index contributed by atoms with van der Waals surface area (Å²) in [6, 6.07) is 6.17. The number of nitrogens with zero attached hydrogens (tertiary/aromatic N) is 2. The van der Waals surface area contributed by atoms with Gasteiger partial charge in [-0.05, 0) is 36.1 Å². The third kappa shape index (κ3) is 3.03. The van der Waals surface area contributed by atoms with Crippen molar-refractivity contribution in [3.05, 3.63) is 28.5 Å². The minimum Gasteiger partial charge on any atom is -0.327 e. The van der Waals surface area contributed by atoms with E-state index >= 15 is 0 Å². The number of fused-ring (bicyclic) bond motifs is 1. The second-order valence-electron chi connectivity index (χ2n) is 4.47. The molecule has 0 saturated heterocycles. The van der Waals surface area contributed by atoms with Crippen LogP contribution in [0.25, 0.3) is 11.0 Å². The van der Waals surface area contributed by atoms with Gasteiger partial charge in [-0.1, -0.05) is 22.9 Å². The van der Waals surface area contributed by atoms with Crippen LogP contribution in [0.1, 0.15) is 12.7 Å². The molecule has 0 aliphatic heterocycles. The molecule has 2 rings (SSSR count). The van der Waals surface area contributed by atoms with Gasteiger partial charge in [0.1, 0.15) is 5.82 Å². The van der Waals surface area contributed by atoms with Crippen molar-refractivity contribution in [2.45, 2.75) is 19.3 Å². The molecule has 98 valence electrons. The molecule has 0 aliphatic rings. The van der Waals surface area contributed by atoms with Crippen molar-refractivity contribution in [2.24, 2.45) is 5.92 Å². The van der Waals surface area contributed by atoms with Gasteiger partial charge in [-0.25, -0.2) is 4.98 Å². The minimum atomic E-state index is 0.457. The number of hydrogen-bond donors (Lipinski definition) is 0. The zero-order valence-electron chi connectivity index (χ0n) is 10.5. The highest BCUT2D eigenvalue weighted by Crippen LogP contribution is 2.23. The number of rotatable bonds is 5. The standard InChI is InChI=1S/C13H16BrClN2S/c1-9(8-18-2)7-17-12-5-10(14)3-4-11(12)16-13(17)6-15/h3-5,9H,6-8H2,1-2H3. The van der Waals surface area contributed by atoms with Crippen molar-refractivity contribution in [3.8, 4) is 0 Å². The predicted molar refractivity (Wildman–Crippen MR) is 84.5 cm³/mol. The molecule has 1 atom stereocenters. The molecule has 2 aromatic rings. The second kappa shape index (κ2) is 6.31. The molecule has 1 aromatic carbocycles. The Hall–Kier alpha value is -0.190. The molecule has 0 aliphatic carbocycles. The van der Waals surface area contributed by atoms with Crippen LogP contribution in [0, 0.1) is 5.92 Å². The molecular formula is C13H16BrClN2S. The van der Waals surface area contributed by atoms with Gasteiger partial charge in [0.2, 0.25) is 0 Å². The largest absolute Gasteiger partial charge is 0.327 e. The van der Waals surface area contributed by atoms with Crippen molar-refractivity contribution in [2.75, 3.05) is 12.0 Å². The third-order valence-electron chi connectivity index (χ3n) is 2.85. The highest BCUT2D eigenvalue weighted by Gasteiger charge is 2.12. The van der Waals surface area contributed by atoms with E-state index in [-0.39, 0.29) is 0 Å². The maximum atomic E-state index is 6.00. The Labute approximate surface area is 125 Å². The number of benzene rings is 1. The normalized spacial score (nSPS) is 13.1.